The Balaban J connectivity index is 2.42. The topological polar surface area (TPSA) is 0 Å². The maximum Gasteiger partial charge on any atom is -0.0109 e. The SMILES string of the molecule is CCC1C=c2c(ccc3ccccc23)=CC1. The molecule has 0 amide bonds. The van der Waals surface area contributed by atoms with Crippen molar-refractivity contribution in [3.8, 4) is 0 Å². The molecular weight excluding hydrogens is 192 g/mol. The lowest BCUT2D eigenvalue weighted by atomic mass is 9.93. The molecule has 0 heteroatoms. The van der Waals surface area contributed by atoms with Crippen LogP contribution in [0.3, 0.4) is 0 Å². The fourth-order valence-electron chi connectivity index (χ4n) is 2.54. The van der Waals surface area contributed by atoms with Gasteiger partial charge in [-0.3, -0.25) is 0 Å². The Hall–Kier alpha value is -1.56. The molecule has 3 rings (SSSR count). The van der Waals surface area contributed by atoms with Gasteiger partial charge in [-0.05, 0) is 40.0 Å². The smallest absolute Gasteiger partial charge is 0.0109 e. The second-order valence-corrected chi connectivity index (χ2v) is 4.56. The number of rotatable bonds is 1. The van der Waals surface area contributed by atoms with Gasteiger partial charge in [0.15, 0.2) is 0 Å². The van der Waals surface area contributed by atoms with Crippen LogP contribution < -0.4 is 10.4 Å². The van der Waals surface area contributed by atoms with Crippen LogP contribution >= 0.6 is 0 Å². The largest absolute Gasteiger partial charge is 0.0761 e. The maximum absolute atomic E-state index is 2.46. The first-order chi connectivity index (χ1) is 7.88. The molecular formula is C16H16. The van der Waals surface area contributed by atoms with E-state index in [0.29, 0.717) is 0 Å². The summed E-state index contributed by atoms with van der Waals surface area (Å²) in [6, 6.07) is 13.1. The van der Waals surface area contributed by atoms with Crippen molar-refractivity contribution in [3.63, 3.8) is 0 Å². The lowest BCUT2D eigenvalue weighted by Gasteiger charge is -2.12. The summed E-state index contributed by atoms with van der Waals surface area (Å²) >= 11 is 0. The van der Waals surface area contributed by atoms with Crippen LogP contribution in [0.4, 0.5) is 0 Å². The standard InChI is InChI=1S/C16H16/c1-2-12-7-8-14-10-9-13-5-3-4-6-15(13)16(14)11-12/h3-6,8-12H,2,7H2,1H3. The van der Waals surface area contributed by atoms with Crippen molar-refractivity contribution in [1.29, 1.82) is 0 Å². The zero-order chi connectivity index (χ0) is 11.0. The summed E-state index contributed by atoms with van der Waals surface area (Å²) in [5.74, 6) is 0.721. The molecule has 1 aliphatic rings. The molecule has 0 saturated carbocycles. The lowest BCUT2D eigenvalue weighted by molar-refractivity contribution is 0.683. The van der Waals surface area contributed by atoms with Crippen molar-refractivity contribution < 1.29 is 0 Å². The second-order valence-electron chi connectivity index (χ2n) is 4.56. The molecule has 0 fully saturated rings. The van der Waals surface area contributed by atoms with Gasteiger partial charge in [-0.1, -0.05) is 55.5 Å². The quantitative estimate of drug-likeness (QED) is 0.676. The van der Waals surface area contributed by atoms with Gasteiger partial charge in [0.25, 0.3) is 0 Å². The third-order valence-corrected chi connectivity index (χ3v) is 3.57. The lowest BCUT2D eigenvalue weighted by Crippen LogP contribution is -2.29. The number of fused-ring (bicyclic) bond motifs is 3. The highest BCUT2D eigenvalue weighted by atomic mass is 14.1. The van der Waals surface area contributed by atoms with Crippen LogP contribution in [0.2, 0.25) is 0 Å². The first kappa shape index (κ1) is 9.65. The summed E-state index contributed by atoms with van der Waals surface area (Å²) in [6.07, 6.45) is 7.27. The van der Waals surface area contributed by atoms with Crippen molar-refractivity contribution in [2.45, 2.75) is 19.8 Å². The number of hydrogen-bond donors (Lipinski definition) is 0. The van der Waals surface area contributed by atoms with Crippen LogP contribution in [0.5, 0.6) is 0 Å². The number of benzene rings is 2. The first-order valence-corrected chi connectivity index (χ1v) is 6.08. The fourth-order valence-corrected chi connectivity index (χ4v) is 2.54. The van der Waals surface area contributed by atoms with Gasteiger partial charge in [-0.2, -0.15) is 0 Å². The van der Waals surface area contributed by atoms with E-state index >= 15 is 0 Å². The van der Waals surface area contributed by atoms with Crippen molar-refractivity contribution in [3.05, 3.63) is 46.8 Å². The average molecular weight is 208 g/mol. The van der Waals surface area contributed by atoms with Crippen LogP contribution in [0, 0.1) is 5.92 Å². The van der Waals surface area contributed by atoms with Gasteiger partial charge in [-0.15, -0.1) is 0 Å². The molecule has 0 spiro atoms. The van der Waals surface area contributed by atoms with Crippen LogP contribution in [-0.4, -0.2) is 0 Å². The zero-order valence-corrected chi connectivity index (χ0v) is 9.61. The van der Waals surface area contributed by atoms with E-state index in [-0.39, 0.29) is 0 Å². The highest BCUT2D eigenvalue weighted by molar-refractivity contribution is 5.84. The molecule has 0 radical (unpaired) electrons. The van der Waals surface area contributed by atoms with Gasteiger partial charge in [0.1, 0.15) is 0 Å². The minimum absolute atomic E-state index is 0.721. The molecule has 16 heavy (non-hydrogen) atoms. The predicted octanol–water partition coefficient (Wildman–Crippen LogP) is 2.83. The highest BCUT2D eigenvalue weighted by Crippen LogP contribution is 2.14. The Kier molecular flexibility index (Phi) is 2.28. The predicted molar refractivity (Wildman–Crippen MR) is 70.5 cm³/mol. The normalized spacial score (nSPS) is 18.7. The molecule has 0 aliphatic heterocycles. The Morgan fingerprint density at radius 1 is 1.12 bits per heavy atom. The minimum atomic E-state index is 0.721. The first-order valence-electron chi connectivity index (χ1n) is 6.08. The molecule has 80 valence electrons. The van der Waals surface area contributed by atoms with E-state index in [4.69, 9.17) is 0 Å². The van der Waals surface area contributed by atoms with E-state index in [1.165, 1.54) is 34.1 Å². The van der Waals surface area contributed by atoms with Gasteiger partial charge in [0, 0.05) is 0 Å². The Morgan fingerprint density at radius 2 is 2.00 bits per heavy atom. The summed E-state index contributed by atoms with van der Waals surface area (Å²) in [7, 11) is 0. The molecule has 0 bridgehead atoms. The molecule has 0 saturated heterocycles. The fraction of sp³-hybridized carbons (Fsp3) is 0.250. The number of hydrogen-bond acceptors (Lipinski definition) is 0. The summed E-state index contributed by atoms with van der Waals surface area (Å²) in [5, 5.41) is 5.59. The van der Waals surface area contributed by atoms with Gasteiger partial charge >= 0.3 is 0 Å². The van der Waals surface area contributed by atoms with E-state index in [0.717, 1.165) is 5.92 Å². The van der Waals surface area contributed by atoms with Crippen molar-refractivity contribution >= 4 is 22.9 Å². The van der Waals surface area contributed by atoms with Crippen molar-refractivity contribution in [2.75, 3.05) is 0 Å². The Bertz CT molecular complexity index is 635. The van der Waals surface area contributed by atoms with E-state index < -0.39 is 0 Å². The van der Waals surface area contributed by atoms with Crippen LogP contribution in [-0.2, 0) is 0 Å². The molecule has 2 aromatic carbocycles. The molecule has 0 heterocycles. The second kappa shape index (κ2) is 3.79. The van der Waals surface area contributed by atoms with Gasteiger partial charge in [0.2, 0.25) is 0 Å². The summed E-state index contributed by atoms with van der Waals surface area (Å²) in [4.78, 5) is 0. The van der Waals surface area contributed by atoms with E-state index in [1.54, 1.807) is 0 Å². The highest BCUT2D eigenvalue weighted by Gasteiger charge is 2.06. The summed E-state index contributed by atoms with van der Waals surface area (Å²) in [6.45, 7) is 2.27. The molecule has 0 nitrogen and oxygen atoms in total. The van der Waals surface area contributed by atoms with Gasteiger partial charge in [0.05, 0.1) is 0 Å². The molecule has 1 unspecified atom stereocenters. The van der Waals surface area contributed by atoms with E-state index in [1.807, 2.05) is 0 Å². The maximum atomic E-state index is 2.46. The zero-order valence-electron chi connectivity index (χ0n) is 9.61. The molecule has 0 N–H and O–H groups in total. The van der Waals surface area contributed by atoms with E-state index in [2.05, 4.69) is 55.5 Å². The monoisotopic (exact) mass is 208 g/mol. The van der Waals surface area contributed by atoms with Crippen LogP contribution in [0.1, 0.15) is 19.8 Å². The van der Waals surface area contributed by atoms with E-state index in [9.17, 15) is 0 Å². The van der Waals surface area contributed by atoms with Crippen LogP contribution in [0.15, 0.2) is 36.4 Å². The Morgan fingerprint density at radius 3 is 2.88 bits per heavy atom. The van der Waals surface area contributed by atoms with Gasteiger partial charge < -0.3 is 0 Å². The molecule has 2 aromatic rings. The summed E-state index contributed by atoms with van der Waals surface area (Å²) < 4.78 is 0. The Labute approximate surface area is 95.9 Å². The average Bonchev–Trinajstić information content (AvgIpc) is 2.38. The molecule has 1 atom stereocenters. The van der Waals surface area contributed by atoms with Crippen LogP contribution in [0.25, 0.3) is 22.9 Å². The summed E-state index contributed by atoms with van der Waals surface area (Å²) in [5.41, 5.74) is 0. The van der Waals surface area contributed by atoms with Gasteiger partial charge in [-0.25, -0.2) is 0 Å². The van der Waals surface area contributed by atoms with Crippen molar-refractivity contribution in [1.82, 2.24) is 0 Å². The third-order valence-electron chi connectivity index (χ3n) is 3.57. The van der Waals surface area contributed by atoms with Crippen molar-refractivity contribution in [2.24, 2.45) is 5.92 Å². The molecule has 1 aliphatic carbocycles. The molecule has 0 aromatic heterocycles. The minimum Gasteiger partial charge on any atom is -0.0761 e. The third kappa shape index (κ3) is 1.46.